The second-order valence-corrected chi connectivity index (χ2v) is 10.6. The molecule has 2 aliphatic heterocycles. The molecular formula is C28H24ClFN4O2S. The van der Waals surface area contributed by atoms with Crippen LogP contribution in [0.4, 0.5) is 10.1 Å². The van der Waals surface area contributed by atoms with Gasteiger partial charge in [0.15, 0.2) is 5.17 Å². The van der Waals surface area contributed by atoms with Crippen LogP contribution < -0.4 is 5.32 Å². The summed E-state index contributed by atoms with van der Waals surface area (Å²) >= 11 is 7.75. The number of anilines is 1. The molecule has 2 heterocycles. The van der Waals surface area contributed by atoms with Crippen LogP contribution in [0.5, 0.6) is 0 Å². The maximum Gasteiger partial charge on any atom is 0.262 e. The zero-order valence-electron chi connectivity index (χ0n) is 20.2. The van der Waals surface area contributed by atoms with Gasteiger partial charge in [-0.15, -0.1) is 0 Å². The van der Waals surface area contributed by atoms with E-state index in [1.165, 1.54) is 17.8 Å². The molecule has 0 radical (unpaired) electrons. The fraction of sp³-hybridized carbons (Fsp3) is 0.214. The van der Waals surface area contributed by atoms with Crippen molar-refractivity contribution in [3.63, 3.8) is 0 Å². The Kier molecular flexibility index (Phi) is 7.13. The van der Waals surface area contributed by atoms with Gasteiger partial charge < -0.3 is 5.32 Å². The third-order valence-corrected chi connectivity index (χ3v) is 7.80. The average molecular weight is 535 g/mol. The standard InChI is InChI=1S/C28H24ClFN4O2S/c1-16-7-10-18(11-8-16)23-14-24(20-5-3-4-6-21(20)29)34(33-23)28-32-27(36)25(37-28)15-26(35)31-19-12-9-17(2)22(30)13-19/h3-13,24-25H,14-15H2,1-2H3,(H,31,35). The molecule has 0 spiro atoms. The van der Waals surface area contributed by atoms with Crippen molar-refractivity contribution < 1.29 is 14.0 Å². The van der Waals surface area contributed by atoms with E-state index in [4.69, 9.17) is 16.7 Å². The van der Waals surface area contributed by atoms with Crippen LogP contribution in [-0.2, 0) is 9.59 Å². The summed E-state index contributed by atoms with van der Waals surface area (Å²) in [6.07, 6.45) is 0.496. The van der Waals surface area contributed by atoms with Crippen molar-refractivity contribution in [2.45, 2.75) is 38.0 Å². The van der Waals surface area contributed by atoms with Gasteiger partial charge in [-0.2, -0.15) is 10.1 Å². The van der Waals surface area contributed by atoms with Gasteiger partial charge >= 0.3 is 0 Å². The first-order chi connectivity index (χ1) is 17.8. The molecule has 2 unspecified atom stereocenters. The number of hydrogen-bond acceptors (Lipinski definition) is 5. The van der Waals surface area contributed by atoms with Crippen LogP contribution in [0.3, 0.4) is 0 Å². The number of carbonyl (C=O) groups excluding carboxylic acids is 2. The molecule has 0 aromatic heterocycles. The maximum atomic E-state index is 13.8. The van der Waals surface area contributed by atoms with Crippen LogP contribution in [-0.4, -0.2) is 33.0 Å². The third-order valence-electron chi connectivity index (χ3n) is 6.31. The van der Waals surface area contributed by atoms with Crippen molar-refractivity contribution in [2.24, 2.45) is 10.1 Å². The largest absolute Gasteiger partial charge is 0.326 e. The number of halogens is 2. The minimum absolute atomic E-state index is 0.0921. The van der Waals surface area contributed by atoms with Crippen molar-refractivity contribution in [2.75, 3.05) is 5.32 Å². The second kappa shape index (κ2) is 10.5. The molecule has 0 fully saturated rings. The van der Waals surface area contributed by atoms with Gasteiger partial charge in [-0.1, -0.05) is 77.5 Å². The molecule has 2 aliphatic rings. The van der Waals surface area contributed by atoms with Gasteiger partial charge in [-0.25, -0.2) is 9.40 Å². The van der Waals surface area contributed by atoms with Crippen LogP contribution in [0.15, 0.2) is 76.8 Å². The lowest BCUT2D eigenvalue weighted by Gasteiger charge is -2.23. The monoisotopic (exact) mass is 534 g/mol. The van der Waals surface area contributed by atoms with Crippen LogP contribution in [0.1, 0.15) is 41.1 Å². The first-order valence-electron chi connectivity index (χ1n) is 11.8. The zero-order chi connectivity index (χ0) is 26.1. The third kappa shape index (κ3) is 5.45. The van der Waals surface area contributed by atoms with E-state index >= 15 is 0 Å². The minimum atomic E-state index is -0.698. The Morgan fingerprint density at radius 3 is 2.62 bits per heavy atom. The Morgan fingerprint density at radius 2 is 1.89 bits per heavy atom. The summed E-state index contributed by atoms with van der Waals surface area (Å²) in [5.41, 5.74) is 4.72. The van der Waals surface area contributed by atoms with E-state index in [9.17, 15) is 14.0 Å². The first kappa shape index (κ1) is 25.2. The summed E-state index contributed by atoms with van der Waals surface area (Å²) < 4.78 is 13.8. The smallest absolute Gasteiger partial charge is 0.262 e. The number of aryl methyl sites for hydroxylation is 2. The van der Waals surface area contributed by atoms with Gasteiger partial charge in [-0.05, 0) is 48.7 Å². The Bertz CT molecular complexity index is 1440. The van der Waals surface area contributed by atoms with Crippen LogP contribution in [0.25, 0.3) is 0 Å². The van der Waals surface area contributed by atoms with E-state index in [0.717, 1.165) is 22.4 Å². The highest BCUT2D eigenvalue weighted by Crippen LogP contribution is 2.40. The number of nitrogens with zero attached hydrogens (tertiary/aromatic N) is 3. The lowest BCUT2D eigenvalue weighted by molar-refractivity contribution is -0.121. The van der Waals surface area contributed by atoms with Crippen molar-refractivity contribution in [3.8, 4) is 0 Å². The molecule has 0 bridgehead atoms. The fourth-order valence-corrected chi connectivity index (χ4v) is 5.57. The molecule has 9 heteroatoms. The lowest BCUT2D eigenvalue weighted by atomic mass is 9.98. The molecule has 2 amide bonds. The molecule has 0 saturated carbocycles. The van der Waals surface area contributed by atoms with E-state index in [1.54, 1.807) is 24.1 Å². The second-order valence-electron chi connectivity index (χ2n) is 9.05. The molecule has 3 aromatic carbocycles. The van der Waals surface area contributed by atoms with E-state index in [0.29, 0.717) is 27.9 Å². The molecule has 37 heavy (non-hydrogen) atoms. The zero-order valence-corrected chi connectivity index (χ0v) is 21.8. The fourth-order valence-electron chi connectivity index (χ4n) is 4.25. The normalized spacial score (nSPS) is 19.1. The number of amides is 2. The number of aliphatic imine (C=N–C) groups is 1. The van der Waals surface area contributed by atoms with E-state index in [1.807, 2.05) is 55.5 Å². The SMILES string of the molecule is Cc1ccc(C2=NN(C3=NC(=O)C(CC(=O)Nc4ccc(C)c(F)c4)S3)C(c3ccccc3Cl)C2)cc1. The molecule has 2 atom stereocenters. The Hall–Kier alpha value is -3.49. The van der Waals surface area contributed by atoms with Gasteiger partial charge in [0.2, 0.25) is 5.91 Å². The average Bonchev–Trinajstić information content (AvgIpc) is 3.46. The summed E-state index contributed by atoms with van der Waals surface area (Å²) in [7, 11) is 0. The molecule has 3 aromatic rings. The maximum absolute atomic E-state index is 13.8. The summed E-state index contributed by atoms with van der Waals surface area (Å²) in [5, 5.41) is 9.59. The number of benzene rings is 3. The van der Waals surface area contributed by atoms with E-state index in [2.05, 4.69) is 10.3 Å². The minimum Gasteiger partial charge on any atom is -0.326 e. The van der Waals surface area contributed by atoms with E-state index < -0.39 is 22.9 Å². The van der Waals surface area contributed by atoms with Gasteiger partial charge in [0, 0.05) is 23.6 Å². The number of nitrogens with one attached hydrogen (secondary N) is 1. The molecule has 5 rings (SSSR count). The highest BCUT2D eigenvalue weighted by molar-refractivity contribution is 8.15. The molecular weight excluding hydrogens is 511 g/mol. The van der Waals surface area contributed by atoms with Gasteiger partial charge in [0.25, 0.3) is 5.91 Å². The molecule has 6 nitrogen and oxygen atoms in total. The summed E-state index contributed by atoms with van der Waals surface area (Å²) in [6, 6.07) is 19.9. The van der Waals surface area contributed by atoms with Crippen molar-refractivity contribution in [1.82, 2.24) is 5.01 Å². The number of amidine groups is 1. The lowest BCUT2D eigenvalue weighted by Crippen LogP contribution is -2.25. The molecule has 0 aliphatic carbocycles. The number of rotatable bonds is 5. The number of hydrazone groups is 1. The predicted molar refractivity (Wildman–Crippen MR) is 147 cm³/mol. The summed E-state index contributed by atoms with van der Waals surface area (Å²) in [6.45, 7) is 3.68. The van der Waals surface area contributed by atoms with Crippen LogP contribution in [0, 0.1) is 19.7 Å². The Balaban J connectivity index is 1.35. The number of thioether (sulfide) groups is 1. The first-order valence-corrected chi connectivity index (χ1v) is 13.1. The van der Waals surface area contributed by atoms with Crippen molar-refractivity contribution >= 4 is 51.7 Å². The molecule has 1 N–H and O–H groups in total. The van der Waals surface area contributed by atoms with Gasteiger partial charge in [0.05, 0.1) is 11.8 Å². The highest BCUT2D eigenvalue weighted by atomic mass is 35.5. The van der Waals surface area contributed by atoms with Crippen molar-refractivity contribution in [3.05, 3.63) is 99.8 Å². The van der Waals surface area contributed by atoms with Crippen LogP contribution in [0.2, 0.25) is 5.02 Å². The summed E-state index contributed by atoms with van der Waals surface area (Å²) in [5.74, 6) is -1.20. The molecule has 188 valence electrons. The topological polar surface area (TPSA) is 74.1 Å². The van der Waals surface area contributed by atoms with Crippen molar-refractivity contribution in [1.29, 1.82) is 0 Å². The predicted octanol–water partition coefficient (Wildman–Crippen LogP) is 6.27. The van der Waals surface area contributed by atoms with Gasteiger partial charge in [0.1, 0.15) is 11.1 Å². The number of hydrogen-bond donors (Lipinski definition) is 1. The Morgan fingerprint density at radius 1 is 1.14 bits per heavy atom. The Labute approximate surface area is 223 Å². The number of carbonyl (C=O) groups is 2. The molecule has 0 saturated heterocycles. The summed E-state index contributed by atoms with van der Waals surface area (Å²) in [4.78, 5) is 29.7. The van der Waals surface area contributed by atoms with Crippen LogP contribution >= 0.6 is 23.4 Å². The highest BCUT2D eigenvalue weighted by Gasteiger charge is 2.39. The van der Waals surface area contributed by atoms with Gasteiger partial charge in [-0.3, -0.25) is 9.59 Å². The quantitative estimate of drug-likeness (QED) is 0.418. The van der Waals surface area contributed by atoms with E-state index in [-0.39, 0.29) is 12.5 Å².